The van der Waals surface area contributed by atoms with E-state index in [2.05, 4.69) is 34.4 Å². The summed E-state index contributed by atoms with van der Waals surface area (Å²) in [6.45, 7) is 5.36. The summed E-state index contributed by atoms with van der Waals surface area (Å²) in [5, 5.41) is 8.01. The first-order valence-electron chi connectivity index (χ1n) is 11.7. The molecular formula is C26H31ClN4O3. The highest BCUT2D eigenvalue weighted by Gasteiger charge is 2.27. The minimum atomic E-state index is -0.206. The predicted molar refractivity (Wildman–Crippen MR) is 135 cm³/mol. The number of aryl methyl sites for hydroxylation is 1. The van der Waals surface area contributed by atoms with Gasteiger partial charge in [0.1, 0.15) is 5.69 Å². The fourth-order valence-corrected chi connectivity index (χ4v) is 4.43. The van der Waals surface area contributed by atoms with Crippen molar-refractivity contribution >= 4 is 29.2 Å². The van der Waals surface area contributed by atoms with Gasteiger partial charge in [0.2, 0.25) is 5.88 Å². The Morgan fingerprint density at radius 3 is 2.74 bits per heavy atom. The molecule has 8 heteroatoms. The Hall–Kier alpha value is -3.03. The van der Waals surface area contributed by atoms with E-state index in [1.807, 2.05) is 24.3 Å². The van der Waals surface area contributed by atoms with Gasteiger partial charge < -0.3 is 24.4 Å². The Kier molecular flexibility index (Phi) is 8.08. The molecule has 1 N–H and O–H groups in total. The second-order valence-corrected chi connectivity index (χ2v) is 9.02. The van der Waals surface area contributed by atoms with Gasteiger partial charge >= 0.3 is 6.03 Å². The number of rotatable bonds is 9. The van der Waals surface area contributed by atoms with E-state index in [0.29, 0.717) is 36.8 Å². The number of ether oxygens (including phenoxy) is 1. The zero-order chi connectivity index (χ0) is 23.9. The summed E-state index contributed by atoms with van der Waals surface area (Å²) in [6, 6.07) is 15.1. The molecule has 0 bridgehead atoms. The maximum atomic E-state index is 13.3. The van der Waals surface area contributed by atoms with Gasteiger partial charge in [-0.3, -0.25) is 0 Å². The first-order valence-corrected chi connectivity index (χ1v) is 12.0. The van der Waals surface area contributed by atoms with E-state index < -0.39 is 0 Å². The molecule has 0 saturated carbocycles. The van der Waals surface area contributed by atoms with Gasteiger partial charge in [-0.05, 0) is 50.5 Å². The normalized spacial score (nSPS) is 13.3. The second kappa shape index (κ2) is 11.4. The molecule has 0 spiro atoms. The summed E-state index contributed by atoms with van der Waals surface area (Å²) in [7, 11) is 1.66. The molecule has 34 heavy (non-hydrogen) atoms. The zero-order valence-corrected chi connectivity index (χ0v) is 20.5. The van der Waals surface area contributed by atoms with Crippen molar-refractivity contribution in [2.45, 2.75) is 32.7 Å². The van der Waals surface area contributed by atoms with E-state index in [0.717, 1.165) is 54.2 Å². The first-order chi connectivity index (χ1) is 16.5. The predicted octanol–water partition coefficient (Wildman–Crippen LogP) is 5.97. The third-order valence-corrected chi connectivity index (χ3v) is 6.18. The molecule has 2 amide bonds. The number of methoxy groups -OCH3 is 1. The van der Waals surface area contributed by atoms with Gasteiger partial charge in [0.15, 0.2) is 0 Å². The largest absolute Gasteiger partial charge is 0.385 e. The van der Waals surface area contributed by atoms with Crippen molar-refractivity contribution in [2.75, 3.05) is 43.6 Å². The van der Waals surface area contributed by atoms with Gasteiger partial charge in [-0.25, -0.2) is 4.79 Å². The maximum Gasteiger partial charge on any atom is 0.322 e. The lowest BCUT2D eigenvalue weighted by atomic mass is 10.0. The molecule has 0 aliphatic carbocycles. The number of urea groups is 1. The quantitative estimate of drug-likeness (QED) is 0.380. The summed E-state index contributed by atoms with van der Waals surface area (Å²) in [6.07, 6.45) is 2.95. The Balaban J connectivity index is 1.65. The highest BCUT2D eigenvalue weighted by atomic mass is 35.5. The zero-order valence-electron chi connectivity index (χ0n) is 19.7. The standard InChI is InChI=1S/C26H31ClN4O3/c1-19-8-5-9-20(16-19)24-23(25(34-29-24)30-12-3-4-13-30)18-31(14-7-15-33-2)26(32)28-22-11-6-10-21(27)17-22/h5-6,8-11,16-17H,3-4,7,12-15,18H2,1-2H3,(H,28,32). The Bertz CT molecular complexity index is 1110. The topological polar surface area (TPSA) is 70.8 Å². The average molecular weight is 483 g/mol. The van der Waals surface area contributed by atoms with Gasteiger partial charge in [0.05, 0.1) is 12.1 Å². The van der Waals surface area contributed by atoms with Gasteiger partial charge in [0.25, 0.3) is 0 Å². The van der Waals surface area contributed by atoms with Crippen molar-refractivity contribution in [3.05, 3.63) is 64.7 Å². The Morgan fingerprint density at radius 1 is 1.21 bits per heavy atom. The van der Waals surface area contributed by atoms with Crippen molar-refractivity contribution in [3.8, 4) is 11.3 Å². The van der Waals surface area contributed by atoms with Gasteiger partial charge in [-0.1, -0.05) is 46.6 Å². The molecule has 1 aliphatic rings. The van der Waals surface area contributed by atoms with E-state index >= 15 is 0 Å². The van der Waals surface area contributed by atoms with Crippen molar-refractivity contribution < 1.29 is 14.1 Å². The molecule has 7 nitrogen and oxygen atoms in total. The number of carbonyl (C=O) groups is 1. The maximum absolute atomic E-state index is 13.3. The molecule has 0 atom stereocenters. The van der Waals surface area contributed by atoms with Crippen LogP contribution < -0.4 is 10.2 Å². The van der Waals surface area contributed by atoms with Crippen molar-refractivity contribution in [3.63, 3.8) is 0 Å². The Morgan fingerprint density at radius 2 is 2.00 bits per heavy atom. The third kappa shape index (κ3) is 5.90. The fourth-order valence-electron chi connectivity index (χ4n) is 4.24. The highest BCUT2D eigenvalue weighted by Crippen LogP contribution is 2.34. The van der Waals surface area contributed by atoms with Crippen molar-refractivity contribution in [2.24, 2.45) is 0 Å². The monoisotopic (exact) mass is 482 g/mol. The molecular weight excluding hydrogens is 452 g/mol. The van der Waals surface area contributed by atoms with Crippen LogP contribution in [-0.4, -0.2) is 49.4 Å². The van der Waals surface area contributed by atoms with E-state index in [4.69, 9.17) is 20.9 Å². The SMILES string of the molecule is COCCCN(Cc1c(-c2cccc(C)c2)noc1N1CCCC1)C(=O)Nc1cccc(Cl)c1. The van der Waals surface area contributed by atoms with E-state index in [1.165, 1.54) is 0 Å². The number of nitrogens with zero attached hydrogens (tertiary/aromatic N) is 3. The van der Waals surface area contributed by atoms with Crippen LogP contribution in [0.5, 0.6) is 0 Å². The van der Waals surface area contributed by atoms with Gasteiger partial charge in [0, 0.05) is 49.6 Å². The first kappa shape index (κ1) is 24.1. The second-order valence-electron chi connectivity index (χ2n) is 8.59. The number of aromatic nitrogens is 1. The summed E-state index contributed by atoms with van der Waals surface area (Å²) in [5.74, 6) is 0.751. The van der Waals surface area contributed by atoms with Crippen LogP contribution in [-0.2, 0) is 11.3 Å². The van der Waals surface area contributed by atoms with Crippen LogP contribution >= 0.6 is 11.6 Å². The molecule has 0 radical (unpaired) electrons. The molecule has 3 aromatic rings. The lowest BCUT2D eigenvalue weighted by Crippen LogP contribution is -2.36. The van der Waals surface area contributed by atoms with Crippen molar-refractivity contribution in [1.82, 2.24) is 10.1 Å². The number of hydrogen-bond acceptors (Lipinski definition) is 5. The molecule has 2 heterocycles. The minimum absolute atomic E-state index is 0.206. The molecule has 4 rings (SSSR count). The number of anilines is 2. The van der Waals surface area contributed by atoms with E-state index in [1.54, 1.807) is 24.1 Å². The van der Waals surface area contributed by atoms with Gasteiger partial charge in [-0.2, -0.15) is 0 Å². The smallest absolute Gasteiger partial charge is 0.322 e. The lowest BCUT2D eigenvalue weighted by Gasteiger charge is -2.25. The number of benzene rings is 2. The molecule has 1 saturated heterocycles. The molecule has 1 fully saturated rings. The highest BCUT2D eigenvalue weighted by molar-refractivity contribution is 6.30. The average Bonchev–Trinajstić information content (AvgIpc) is 3.48. The van der Waals surface area contributed by atoms with Crippen LogP contribution in [0, 0.1) is 6.92 Å². The number of halogens is 1. The minimum Gasteiger partial charge on any atom is -0.385 e. The fraction of sp³-hybridized carbons (Fsp3) is 0.385. The van der Waals surface area contributed by atoms with Crippen LogP contribution in [0.25, 0.3) is 11.3 Å². The molecule has 180 valence electrons. The van der Waals surface area contributed by atoms with Crippen molar-refractivity contribution in [1.29, 1.82) is 0 Å². The van der Waals surface area contributed by atoms with E-state index in [9.17, 15) is 4.79 Å². The van der Waals surface area contributed by atoms with Crippen LogP contribution in [0.15, 0.2) is 53.1 Å². The van der Waals surface area contributed by atoms with Crippen LogP contribution in [0.2, 0.25) is 5.02 Å². The Labute approximate surface area is 205 Å². The molecule has 1 aliphatic heterocycles. The summed E-state index contributed by atoms with van der Waals surface area (Å²) in [5.41, 5.74) is 4.48. The summed E-state index contributed by atoms with van der Waals surface area (Å²) < 4.78 is 11.1. The van der Waals surface area contributed by atoms with Gasteiger partial charge in [-0.15, -0.1) is 0 Å². The molecule has 1 aromatic heterocycles. The lowest BCUT2D eigenvalue weighted by molar-refractivity contribution is 0.171. The summed E-state index contributed by atoms with van der Waals surface area (Å²) >= 11 is 6.11. The van der Waals surface area contributed by atoms with Crippen LogP contribution in [0.1, 0.15) is 30.4 Å². The summed E-state index contributed by atoms with van der Waals surface area (Å²) in [4.78, 5) is 17.4. The third-order valence-electron chi connectivity index (χ3n) is 5.94. The van der Waals surface area contributed by atoms with E-state index in [-0.39, 0.29) is 6.03 Å². The molecule has 0 unspecified atom stereocenters. The number of hydrogen-bond donors (Lipinski definition) is 1. The molecule has 2 aromatic carbocycles. The number of nitrogens with one attached hydrogen (secondary N) is 1. The number of amides is 2. The van der Waals surface area contributed by atoms with Crippen LogP contribution in [0.4, 0.5) is 16.4 Å². The van der Waals surface area contributed by atoms with Crippen LogP contribution in [0.3, 0.4) is 0 Å². The number of carbonyl (C=O) groups excluding carboxylic acids is 1.